The van der Waals surface area contributed by atoms with Gasteiger partial charge in [0.1, 0.15) is 18.2 Å². The molecule has 18 heavy (non-hydrogen) atoms. The predicted octanol–water partition coefficient (Wildman–Crippen LogP) is 0.799. The van der Waals surface area contributed by atoms with Crippen LogP contribution in [-0.4, -0.2) is 39.8 Å². The average Bonchev–Trinajstić information content (AvgIpc) is 2.29. The molecule has 0 atom stereocenters. The van der Waals surface area contributed by atoms with Crippen molar-refractivity contribution in [3.05, 3.63) is 41.6 Å². The van der Waals surface area contributed by atoms with E-state index >= 15 is 0 Å². The first-order valence-electron chi connectivity index (χ1n) is 5.46. The fourth-order valence-corrected chi connectivity index (χ4v) is 2.15. The van der Waals surface area contributed by atoms with Crippen molar-refractivity contribution in [2.24, 2.45) is 5.73 Å². The fourth-order valence-electron chi connectivity index (χ4n) is 1.14. The summed E-state index contributed by atoms with van der Waals surface area (Å²) in [4.78, 5) is 1.54. The van der Waals surface area contributed by atoms with Gasteiger partial charge in [-0.05, 0) is 12.1 Å². The highest BCUT2D eigenvalue weighted by atomic mass is 32.2. The highest BCUT2D eigenvalue weighted by Crippen LogP contribution is 2.08. The number of sulfone groups is 1. The molecule has 2 N–H and O–H groups in total. The summed E-state index contributed by atoms with van der Waals surface area (Å²) >= 11 is 0. The third kappa shape index (κ3) is 5.09. The third-order valence-corrected chi connectivity index (χ3v) is 3.53. The maximum Gasteiger partial charge on any atom is 0.178 e. The highest BCUT2D eigenvalue weighted by Gasteiger charge is 2.09. The molecule has 0 unspecified atom stereocenters. The van der Waals surface area contributed by atoms with Gasteiger partial charge in [0.25, 0.3) is 0 Å². The van der Waals surface area contributed by atoms with Gasteiger partial charge >= 0.3 is 0 Å². The van der Waals surface area contributed by atoms with Gasteiger partial charge in [0.05, 0.1) is 11.2 Å². The van der Waals surface area contributed by atoms with Crippen molar-refractivity contribution in [1.29, 1.82) is 0 Å². The molecule has 5 nitrogen and oxygen atoms in total. The van der Waals surface area contributed by atoms with Crippen molar-refractivity contribution in [3.63, 3.8) is 0 Å². The Hall–Kier alpha value is -1.69. The van der Waals surface area contributed by atoms with E-state index in [1.807, 2.05) is 18.2 Å². The Morgan fingerprint density at radius 3 is 2.50 bits per heavy atom. The number of rotatable bonds is 6. The SMILES string of the molecule is CN(C)/C(N)=C/S(=O)(=O)CCOc1ccccc1. The molecule has 0 bridgehead atoms. The van der Waals surface area contributed by atoms with Crippen molar-refractivity contribution < 1.29 is 13.2 Å². The van der Waals surface area contributed by atoms with Crippen LogP contribution in [0.1, 0.15) is 0 Å². The summed E-state index contributed by atoms with van der Waals surface area (Å²) in [7, 11) is 0.0150. The minimum atomic E-state index is -3.35. The summed E-state index contributed by atoms with van der Waals surface area (Å²) in [6, 6.07) is 9.07. The van der Waals surface area contributed by atoms with Crippen molar-refractivity contribution in [2.45, 2.75) is 0 Å². The zero-order valence-electron chi connectivity index (χ0n) is 10.5. The molecule has 0 amide bonds. The van der Waals surface area contributed by atoms with E-state index in [-0.39, 0.29) is 18.2 Å². The first kappa shape index (κ1) is 14.4. The maximum atomic E-state index is 11.7. The first-order chi connectivity index (χ1) is 8.41. The van der Waals surface area contributed by atoms with Crippen molar-refractivity contribution in [2.75, 3.05) is 26.5 Å². The second-order valence-corrected chi connectivity index (χ2v) is 5.94. The van der Waals surface area contributed by atoms with Crippen LogP contribution in [-0.2, 0) is 9.84 Å². The Bertz CT molecular complexity index is 495. The van der Waals surface area contributed by atoms with E-state index < -0.39 is 9.84 Å². The third-order valence-electron chi connectivity index (χ3n) is 2.20. The molecule has 0 saturated heterocycles. The lowest BCUT2D eigenvalue weighted by atomic mass is 10.3. The van der Waals surface area contributed by atoms with E-state index in [4.69, 9.17) is 10.5 Å². The molecule has 0 heterocycles. The molecule has 0 aromatic heterocycles. The molecule has 0 aliphatic carbocycles. The molecule has 1 rings (SSSR count). The number of nitrogens with two attached hydrogens (primary N) is 1. The first-order valence-corrected chi connectivity index (χ1v) is 7.17. The normalized spacial score (nSPS) is 12.2. The molecular formula is C12H18N2O3S. The van der Waals surface area contributed by atoms with Crippen LogP contribution in [0.5, 0.6) is 5.75 Å². The molecule has 0 aliphatic rings. The second kappa shape index (κ2) is 6.30. The van der Waals surface area contributed by atoms with E-state index in [9.17, 15) is 8.42 Å². The number of ether oxygens (including phenoxy) is 1. The van der Waals surface area contributed by atoms with Crippen molar-refractivity contribution in [3.8, 4) is 5.75 Å². The van der Waals surface area contributed by atoms with Crippen LogP contribution in [0.25, 0.3) is 0 Å². The second-order valence-electron chi connectivity index (χ2n) is 3.97. The Kier molecular flexibility index (Phi) is 5.03. The number of benzene rings is 1. The molecule has 0 aliphatic heterocycles. The molecule has 6 heteroatoms. The largest absolute Gasteiger partial charge is 0.493 e. The van der Waals surface area contributed by atoms with E-state index in [1.54, 1.807) is 26.2 Å². The average molecular weight is 270 g/mol. The quantitative estimate of drug-likeness (QED) is 0.827. The highest BCUT2D eigenvalue weighted by molar-refractivity contribution is 7.94. The van der Waals surface area contributed by atoms with Gasteiger partial charge in [0.15, 0.2) is 9.84 Å². The summed E-state index contributed by atoms with van der Waals surface area (Å²) in [5, 5.41) is 1.06. The van der Waals surface area contributed by atoms with Crippen molar-refractivity contribution >= 4 is 9.84 Å². The van der Waals surface area contributed by atoms with E-state index in [1.165, 1.54) is 4.90 Å². The molecule has 1 aromatic rings. The van der Waals surface area contributed by atoms with Crippen molar-refractivity contribution in [1.82, 2.24) is 4.90 Å². The summed E-state index contributed by atoms with van der Waals surface area (Å²) in [5.74, 6) is 0.753. The maximum absolute atomic E-state index is 11.7. The summed E-state index contributed by atoms with van der Waals surface area (Å²) in [6.07, 6.45) is 0. The molecule has 0 radical (unpaired) electrons. The zero-order valence-corrected chi connectivity index (χ0v) is 11.4. The molecule has 0 fully saturated rings. The summed E-state index contributed by atoms with van der Waals surface area (Å²) in [5.41, 5.74) is 5.55. The van der Waals surface area contributed by atoms with Crippen LogP contribution in [0, 0.1) is 0 Å². The van der Waals surface area contributed by atoms with E-state index in [0.717, 1.165) is 5.41 Å². The van der Waals surface area contributed by atoms with E-state index in [0.29, 0.717) is 5.75 Å². The van der Waals surface area contributed by atoms with Gasteiger partial charge in [-0.2, -0.15) is 0 Å². The van der Waals surface area contributed by atoms with Crippen LogP contribution < -0.4 is 10.5 Å². The number of hydrogen-bond acceptors (Lipinski definition) is 5. The van der Waals surface area contributed by atoms with Gasteiger partial charge in [-0.1, -0.05) is 18.2 Å². The Labute approximate surface area is 108 Å². The summed E-state index contributed by atoms with van der Waals surface area (Å²) in [6.45, 7) is 0.101. The van der Waals surface area contributed by atoms with Gasteiger partial charge < -0.3 is 15.4 Å². The number of hydrogen-bond donors (Lipinski definition) is 1. The standard InChI is InChI=1S/C12H18N2O3S/c1-14(2)12(13)10-18(15,16)9-8-17-11-6-4-3-5-7-11/h3-7,10H,8-9,13H2,1-2H3/b12-10+. The van der Waals surface area contributed by atoms with E-state index in [2.05, 4.69) is 0 Å². The minimum absolute atomic E-state index is 0.101. The number of para-hydroxylation sites is 1. The van der Waals surface area contributed by atoms with Gasteiger partial charge in [-0.15, -0.1) is 0 Å². The summed E-state index contributed by atoms with van der Waals surface area (Å²) < 4.78 is 28.7. The topological polar surface area (TPSA) is 72.6 Å². The molecule has 100 valence electrons. The van der Waals surface area contributed by atoms with Crippen LogP contribution in [0.15, 0.2) is 41.6 Å². The molecule has 0 spiro atoms. The van der Waals surface area contributed by atoms with Crippen LogP contribution in [0.2, 0.25) is 0 Å². The van der Waals surface area contributed by atoms with Gasteiger partial charge in [-0.25, -0.2) is 8.42 Å². The number of nitrogens with zero attached hydrogens (tertiary/aromatic N) is 1. The smallest absolute Gasteiger partial charge is 0.178 e. The monoisotopic (exact) mass is 270 g/mol. The predicted molar refractivity (Wildman–Crippen MR) is 71.7 cm³/mol. The molecular weight excluding hydrogens is 252 g/mol. The lowest BCUT2D eigenvalue weighted by Crippen LogP contribution is -2.21. The Morgan fingerprint density at radius 2 is 1.94 bits per heavy atom. The Morgan fingerprint density at radius 1 is 1.33 bits per heavy atom. The van der Waals surface area contributed by atoms with Gasteiger partial charge in [-0.3, -0.25) is 0 Å². The zero-order chi connectivity index (χ0) is 13.6. The van der Waals surface area contributed by atoms with Gasteiger partial charge in [0, 0.05) is 14.1 Å². The van der Waals surface area contributed by atoms with Crippen LogP contribution >= 0.6 is 0 Å². The fraction of sp³-hybridized carbons (Fsp3) is 0.333. The Balaban J connectivity index is 2.51. The van der Waals surface area contributed by atoms with Gasteiger partial charge in [0.2, 0.25) is 0 Å². The molecule has 0 saturated carbocycles. The molecule has 1 aromatic carbocycles. The minimum Gasteiger partial charge on any atom is -0.493 e. The van der Waals surface area contributed by atoms with Crippen LogP contribution in [0.4, 0.5) is 0 Å². The lowest BCUT2D eigenvalue weighted by Gasteiger charge is -2.12. The van der Waals surface area contributed by atoms with Crippen LogP contribution in [0.3, 0.4) is 0 Å². The lowest BCUT2D eigenvalue weighted by molar-refractivity contribution is 0.341.